The molecule has 2 aromatic heterocycles. The first-order valence-electron chi connectivity index (χ1n) is 6.83. The van der Waals surface area contributed by atoms with Crippen LogP contribution < -0.4 is 10.1 Å². The largest absolute Gasteiger partial charge is 0.461 e. The third kappa shape index (κ3) is 5.13. The topological polar surface area (TPSA) is 72.8 Å². The molecule has 0 fully saturated rings. The average Bonchev–Trinajstić information content (AvgIpc) is 2.80. The van der Waals surface area contributed by atoms with Crippen LogP contribution in [0.2, 0.25) is 0 Å². The molecule has 2 aromatic rings. The van der Waals surface area contributed by atoms with Crippen LogP contribution in [0.1, 0.15) is 32.9 Å². The zero-order chi connectivity index (χ0) is 15.2. The second kappa shape index (κ2) is 7.56. The maximum absolute atomic E-state index is 5.59. The minimum Gasteiger partial charge on any atom is -0.461 e. The summed E-state index contributed by atoms with van der Waals surface area (Å²) in [6.45, 7) is 8.76. The van der Waals surface area contributed by atoms with Crippen molar-refractivity contribution in [3.05, 3.63) is 11.1 Å². The Bertz CT molecular complexity index is 588. The standard InChI is InChI=1S/C13H19N5OS2/c1-5-6-14-10-16-11(19-8(2)3)18-12(17-10)21-13-15-9(4)7-20-13/h7-8H,5-6H2,1-4H3,(H,14,16,17,18). The molecule has 0 saturated heterocycles. The molecule has 8 heteroatoms. The van der Waals surface area contributed by atoms with Crippen molar-refractivity contribution >= 4 is 29.0 Å². The average molecular weight is 325 g/mol. The van der Waals surface area contributed by atoms with Crippen LogP contribution in [0.25, 0.3) is 0 Å². The smallest absolute Gasteiger partial charge is 0.322 e. The SMILES string of the molecule is CCCNc1nc(OC(C)C)nc(Sc2nc(C)cs2)n1. The molecule has 2 rings (SSSR count). The molecule has 0 amide bonds. The quantitative estimate of drug-likeness (QED) is 0.836. The number of thiazole rings is 1. The molecule has 6 nitrogen and oxygen atoms in total. The molecule has 0 radical (unpaired) electrons. The number of hydrogen-bond acceptors (Lipinski definition) is 8. The molecule has 0 aliphatic carbocycles. The van der Waals surface area contributed by atoms with Gasteiger partial charge >= 0.3 is 6.01 Å². The number of anilines is 1. The Kier molecular flexibility index (Phi) is 5.75. The molecule has 0 saturated carbocycles. The van der Waals surface area contributed by atoms with Crippen molar-refractivity contribution in [2.24, 2.45) is 0 Å². The Morgan fingerprint density at radius 2 is 2.10 bits per heavy atom. The van der Waals surface area contributed by atoms with E-state index in [0.29, 0.717) is 17.1 Å². The highest BCUT2D eigenvalue weighted by molar-refractivity contribution is 8.00. The van der Waals surface area contributed by atoms with E-state index in [1.54, 1.807) is 11.3 Å². The molecule has 0 aliphatic rings. The highest BCUT2D eigenvalue weighted by atomic mass is 32.2. The van der Waals surface area contributed by atoms with Crippen LogP contribution in [0.15, 0.2) is 14.9 Å². The van der Waals surface area contributed by atoms with Crippen LogP contribution in [0.4, 0.5) is 5.95 Å². The lowest BCUT2D eigenvalue weighted by atomic mass is 10.5. The maximum Gasteiger partial charge on any atom is 0.322 e. The molecule has 0 unspecified atom stereocenters. The number of hydrogen-bond donors (Lipinski definition) is 1. The molecule has 2 heterocycles. The van der Waals surface area contributed by atoms with Crippen LogP contribution in [0, 0.1) is 6.92 Å². The number of nitrogens with one attached hydrogen (secondary N) is 1. The summed E-state index contributed by atoms with van der Waals surface area (Å²) in [5.41, 5.74) is 1.000. The predicted molar refractivity (Wildman–Crippen MR) is 85.3 cm³/mol. The van der Waals surface area contributed by atoms with Crippen molar-refractivity contribution < 1.29 is 4.74 Å². The number of aromatic nitrogens is 4. The molecule has 1 N–H and O–H groups in total. The molecule has 21 heavy (non-hydrogen) atoms. The third-order valence-corrected chi connectivity index (χ3v) is 4.17. The van der Waals surface area contributed by atoms with Crippen molar-refractivity contribution in [2.45, 2.75) is 49.7 Å². The molecule has 0 atom stereocenters. The van der Waals surface area contributed by atoms with E-state index in [-0.39, 0.29) is 6.10 Å². The summed E-state index contributed by atoms with van der Waals surface area (Å²) in [5, 5.41) is 5.76. The minimum atomic E-state index is 0.0198. The molecule has 0 aliphatic heterocycles. The molecule has 0 spiro atoms. The van der Waals surface area contributed by atoms with E-state index in [1.807, 2.05) is 26.2 Å². The van der Waals surface area contributed by atoms with Crippen LogP contribution >= 0.6 is 23.1 Å². The first-order valence-corrected chi connectivity index (χ1v) is 8.53. The van der Waals surface area contributed by atoms with Crippen molar-refractivity contribution in [1.29, 1.82) is 0 Å². The van der Waals surface area contributed by atoms with Crippen molar-refractivity contribution in [3.8, 4) is 6.01 Å². The first kappa shape index (κ1) is 16.0. The fraction of sp³-hybridized carbons (Fsp3) is 0.538. The third-order valence-electron chi connectivity index (χ3n) is 2.25. The summed E-state index contributed by atoms with van der Waals surface area (Å²) in [5.74, 6) is 0.540. The summed E-state index contributed by atoms with van der Waals surface area (Å²) in [6.07, 6.45) is 1.02. The lowest BCUT2D eigenvalue weighted by Gasteiger charge is -2.10. The summed E-state index contributed by atoms with van der Waals surface area (Å²) in [6, 6.07) is 0.342. The molecule has 0 bridgehead atoms. The highest BCUT2D eigenvalue weighted by Crippen LogP contribution is 2.29. The highest BCUT2D eigenvalue weighted by Gasteiger charge is 2.11. The second-order valence-corrected chi connectivity index (χ2v) is 6.75. The maximum atomic E-state index is 5.59. The molecular formula is C13H19N5OS2. The first-order chi connectivity index (χ1) is 10.1. The Labute approximate surface area is 132 Å². The van der Waals surface area contributed by atoms with E-state index in [0.717, 1.165) is 23.0 Å². The summed E-state index contributed by atoms with van der Waals surface area (Å²) < 4.78 is 6.50. The van der Waals surface area contributed by atoms with Gasteiger partial charge in [0.15, 0.2) is 4.34 Å². The monoisotopic (exact) mass is 325 g/mol. The van der Waals surface area contributed by atoms with Gasteiger partial charge < -0.3 is 10.1 Å². The van der Waals surface area contributed by atoms with Gasteiger partial charge in [-0.15, -0.1) is 11.3 Å². The lowest BCUT2D eigenvalue weighted by molar-refractivity contribution is 0.219. The van der Waals surface area contributed by atoms with Crippen LogP contribution in [0.3, 0.4) is 0 Å². The molecule has 0 aromatic carbocycles. The number of ether oxygens (including phenoxy) is 1. The van der Waals surface area contributed by atoms with Crippen molar-refractivity contribution in [1.82, 2.24) is 19.9 Å². The van der Waals surface area contributed by atoms with Gasteiger partial charge in [0.25, 0.3) is 0 Å². The van der Waals surface area contributed by atoms with E-state index in [1.165, 1.54) is 11.8 Å². The van der Waals surface area contributed by atoms with Crippen LogP contribution in [-0.2, 0) is 0 Å². The molecular weight excluding hydrogens is 306 g/mol. The van der Waals surface area contributed by atoms with Gasteiger partial charge in [-0.1, -0.05) is 6.92 Å². The predicted octanol–water partition coefficient (Wildman–Crippen LogP) is 3.40. The van der Waals surface area contributed by atoms with E-state index in [4.69, 9.17) is 4.74 Å². The van der Waals surface area contributed by atoms with Gasteiger partial charge in [-0.3, -0.25) is 0 Å². The summed E-state index contributed by atoms with van der Waals surface area (Å²) in [4.78, 5) is 17.4. The van der Waals surface area contributed by atoms with E-state index in [2.05, 4.69) is 32.2 Å². The van der Waals surface area contributed by atoms with Gasteiger partial charge in [0.1, 0.15) is 0 Å². The van der Waals surface area contributed by atoms with Gasteiger partial charge in [0.05, 0.1) is 6.10 Å². The second-order valence-electron chi connectivity index (χ2n) is 4.67. The lowest BCUT2D eigenvalue weighted by Crippen LogP contribution is -2.12. The summed E-state index contributed by atoms with van der Waals surface area (Å²) in [7, 11) is 0. The Balaban J connectivity index is 2.21. The zero-order valence-corrected chi connectivity index (χ0v) is 14.2. The fourth-order valence-electron chi connectivity index (χ4n) is 1.42. The number of rotatable bonds is 7. The number of aryl methyl sites for hydroxylation is 1. The van der Waals surface area contributed by atoms with Gasteiger partial charge in [0.2, 0.25) is 11.1 Å². The molecule has 114 valence electrons. The van der Waals surface area contributed by atoms with Crippen molar-refractivity contribution in [3.63, 3.8) is 0 Å². The van der Waals surface area contributed by atoms with Gasteiger partial charge in [-0.25, -0.2) is 4.98 Å². The minimum absolute atomic E-state index is 0.0198. The summed E-state index contributed by atoms with van der Waals surface area (Å²) >= 11 is 3.00. The van der Waals surface area contributed by atoms with E-state index >= 15 is 0 Å². The van der Waals surface area contributed by atoms with E-state index < -0.39 is 0 Å². The normalized spacial score (nSPS) is 10.9. The van der Waals surface area contributed by atoms with Gasteiger partial charge in [0, 0.05) is 17.6 Å². The van der Waals surface area contributed by atoms with Gasteiger partial charge in [-0.2, -0.15) is 15.0 Å². The van der Waals surface area contributed by atoms with Crippen LogP contribution in [-0.4, -0.2) is 32.6 Å². The Morgan fingerprint density at radius 3 is 2.71 bits per heavy atom. The Morgan fingerprint density at radius 1 is 1.29 bits per heavy atom. The fourth-order valence-corrected chi connectivity index (χ4v) is 3.10. The number of nitrogens with zero attached hydrogens (tertiary/aromatic N) is 4. The van der Waals surface area contributed by atoms with E-state index in [9.17, 15) is 0 Å². The van der Waals surface area contributed by atoms with Crippen LogP contribution in [0.5, 0.6) is 6.01 Å². The van der Waals surface area contributed by atoms with Crippen molar-refractivity contribution in [2.75, 3.05) is 11.9 Å². The Hall–Kier alpha value is -1.41. The zero-order valence-electron chi connectivity index (χ0n) is 12.6. The van der Waals surface area contributed by atoms with Gasteiger partial charge in [-0.05, 0) is 39.0 Å².